The van der Waals surface area contributed by atoms with Crippen LogP contribution in [0.25, 0.3) is 0 Å². The number of carbonyl (C=O) groups is 1. The number of hydrogen-bond donors (Lipinski definition) is 1. The summed E-state index contributed by atoms with van der Waals surface area (Å²) in [7, 11) is 4.66. The lowest BCUT2D eigenvalue weighted by Crippen LogP contribution is -3.13. The maximum atomic E-state index is 13.0. The molecule has 28 heavy (non-hydrogen) atoms. The predicted molar refractivity (Wildman–Crippen MR) is 108 cm³/mol. The Morgan fingerprint density at radius 1 is 0.964 bits per heavy atom. The number of methoxy groups -OCH3 is 3. The second-order valence-electron chi connectivity index (χ2n) is 7.12. The van der Waals surface area contributed by atoms with Crippen LogP contribution in [0.2, 0.25) is 0 Å². The van der Waals surface area contributed by atoms with Crippen LogP contribution in [0.1, 0.15) is 21.5 Å². The van der Waals surface area contributed by atoms with Crippen LogP contribution < -0.4 is 19.1 Å². The van der Waals surface area contributed by atoms with Crippen LogP contribution in [0, 0.1) is 6.92 Å². The number of piperazine rings is 1. The van der Waals surface area contributed by atoms with E-state index in [2.05, 4.69) is 31.2 Å². The van der Waals surface area contributed by atoms with E-state index in [1.165, 1.54) is 16.0 Å². The molecule has 3 rings (SSSR count). The molecule has 0 radical (unpaired) electrons. The lowest BCUT2D eigenvalue weighted by molar-refractivity contribution is -0.917. The van der Waals surface area contributed by atoms with E-state index in [0.29, 0.717) is 22.8 Å². The first-order valence-electron chi connectivity index (χ1n) is 9.54. The molecule has 1 saturated heterocycles. The van der Waals surface area contributed by atoms with Gasteiger partial charge in [0.05, 0.1) is 47.5 Å². The van der Waals surface area contributed by atoms with Gasteiger partial charge in [0.25, 0.3) is 5.91 Å². The zero-order valence-corrected chi connectivity index (χ0v) is 17.1. The molecule has 2 aromatic rings. The fourth-order valence-corrected chi connectivity index (χ4v) is 3.58. The molecule has 0 aromatic heterocycles. The number of ether oxygens (including phenoxy) is 3. The molecule has 0 spiro atoms. The predicted octanol–water partition coefficient (Wildman–Crippen LogP) is 1.56. The quantitative estimate of drug-likeness (QED) is 0.820. The SMILES string of the molecule is COc1cc(C(=O)N2CC[NH+](Cc3ccc(C)cc3)CC2)cc(OC)c1OC. The first-order chi connectivity index (χ1) is 13.5. The molecule has 0 unspecified atom stereocenters. The van der Waals surface area contributed by atoms with Gasteiger partial charge in [-0.05, 0) is 19.1 Å². The molecule has 1 N–H and O–H groups in total. The molecule has 0 bridgehead atoms. The van der Waals surface area contributed by atoms with Gasteiger partial charge in [-0.1, -0.05) is 29.8 Å². The Morgan fingerprint density at radius 2 is 1.54 bits per heavy atom. The van der Waals surface area contributed by atoms with Crippen molar-refractivity contribution in [2.24, 2.45) is 0 Å². The van der Waals surface area contributed by atoms with Crippen LogP contribution in [0.4, 0.5) is 0 Å². The van der Waals surface area contributed by atoms with Crippen LogP contribution in [0.5, 0.6) is 17.2 Å². The normalized spacial score (nSPS) is 14.6. The Balaban J connectivity index is 1.65. The third-order valence-corrected chi connectivity index (χ3v) is 5.24. The average molecular weight is 385 g/mol. The van der Waals surface area contributed by atoms with Gasteiger partial charge in [0.1, 0.15) is 6.54 Å². The summed E-state index contributed by atoms with van der Waals surface area (Å²) in [5.74, 6) is 1.48. The molecule has 1 heterocycles. The Kier molecular flexibility index (Phi) is 6.41. The van der Waals surface area contributed by atoms with Gasteiger partial charge in [-0.15, -0.1) is 0 Å². The molecule has 0 aliphatic carbocycles. The van der Waals surface area contributed by atoms with Gasteiger partial charge in [-0.25, -0.2) is 0 Å². The van der Waals surface area contributed by atoms with Gasteiger partial charge >= 0.3 is 0 Å². The average Bonchev–Trinajstić information content (AvgIpc) is 2.74. The molecule has 6 heteroatoms. The van der Waals surface area contributed by atoms with Crippen LogP contribution in [-0.4, -0.2) is 58.3 Å². The van der Waals surface area contributed by atoms with Gasteiger partial charge in [0, 0.05) is 11.1 Å². The highest BCUT2D eigenvalue weighted by atomic mass is 16.5. The van der Waals surface area contributed by atoms with E-state index in [1.807, 2.05) is 4.90 Å². The summed E-state index contributed by atoms with van der Waals surface area (Å²) in [4.78, 5) is 16.4. The number of quaternary nitrogens is 1. The maximum Gasteiger partial charge on any atom is 0.254 e. The van der Waals surface area contributed by atoms with E-state index in [4.69, 9.17) is 14.2 Å². The number of amides is 1. The zero-order valence-electron chi connectivity index (χ0n) is 17.1. The van der Waals surface area contributed by atoms with E-state index in [-0.39, 0.29) is 5.91 Å². The lowest BCUT2D eigenvalue weighted by atomic mass is 10.1. The molecule has 1 aliphatic rings. The van der Waals surface area contributed by atoms with E-state index in [9.17, 15) is 4.79 Å². The van der Waals surface area contributed by atoms with Crippen molar-refractivity contribution < 1.29 is 23.9 Å². The minimum absolute atomic E-state index is 0.00589. The van der Waals surface area contributed by atoms with Gasteiger partial charge in [-0.3, -0.25) is 4.79 Å². The van der Waals surface area contributed by atoms with Crippen molar-refractivity contribution in [3.63, 3.8) is 0 Å². The molecule has 0 saturated carbocycles. The highest BCUT2D eigenvalue weighted by Gasteiger charge is 2.26. The summed E-state index contributed by atoms with van der Waals surface area (Å²) in [5, 5.41) is 0. The standard InChI is InChI=1S/C22H28N2O4/c1-16-5-7-17(8-6-16)15-23-9-11-24(12-10-23)22(25)18-13-19(26-2)21(28-4)20(14-18)27-3/h5-8,13-14H,9-12,15H2,1-4H3/p+1. The largest absolute Gasteiger partial charge is 0.493 e. The van der Waals surface area contributed by atoms with Gasteiger partial charge in [-0.2, -0.15) is 0 Å². The van der Waals surface area contributed by atoms with Crippen molar-refractivity contribution >= 4 is 5.91 Å². The van der Waals surface area contributed by atoms with Gasteiger partial charge < -0.3 is 24.0 Å². The molecule has 0 atom stereocenters. The number of carbonyl (C=O) groups excluding carboxylic acids is 1. The van der Waals surface area contributed by atoms with Crippen molar-refractivity contribution in [1.82, 2.24) is 4.90 Å². The number of aryl methyl sites for hydroxylation is 1. The lowest BCUT2D eigenvalue weighted by Gasteiger charge is -2.32. The summed E-state index contributed by atoms with van der Waals surface area (Å²) in [6.45, 7) is 6.43. The van der Waals surface area contributed by atoms with Crippen LogP contribution in [0.15, 0.2) is 36.4 Å². The molecular formula is C22H29N2O4+. The van der Waals surface area contributed by atoms with Crippen molar-refractivity contribution in [2.75, 3.05) is 47.5 Å². The van der Waals surface area contributed by atoms with Crippen molar-refractivity contribution in [3.8, 4) is 17.2 Å². The number of benzene rings is 2. The first-order valence-corrected chi connectivity index (χ1v) is 9.54. The Morgan fingerprint density at radius 3 is 2.04 bits per heavy atom. The second kappa shape index (κ2) is 8.97. The topological polar surface area (TPSA) is 52.4 Å². The molecule has 6 nitrogen and oxygen atoms in total. The zero-order chi connectivity index (χ0) is 20.1. The molecule has 1 amide bonds. The van der Waals surface area contributed by atoms with Crippen molar-refractivity contribution in [2.45, 2.75) is 13.5 Å². The summed E-state index contributed by atoms with van der Waals surface area (Å²) >= 11 is 0. The number of nitrogens with zero attached hydrogens (tertiary/aromatic N) is 1. The Hall–Kier alpha value is -2.73. The third kappa shape index (κ3) is 4.39. The van der Waals surface area contributed by atoms with E-state index < -0.39 is 0 Å². The number of hydrogen-bond acceptors (Lipinski definition) is 4. The summed E-state index contributed by atoms with van der Waals surface area (Å²) in [6.07, 6.45) is 0. The van der Waals surface area contributed by atoms with Crippen LogP contribution in [0.3, 0.4) is 0 Å². The first kappa shape index (κ1) is 20.0. The van der Waals surface area contributed by atoms with E-state index >= 15 is 0 Å². The minimum atomic E-state index is -0.00589. The number of nitrogens with one attached hydrogen (secondary N) is 1. The monoisotopic (exact) mass is 385 g/mol. The summed E-state index contributed by atoms with van der Waals surface area (Å²) in [6, 6.07) is 12.1. The van der Waals surface area contributed by atoms with Crippen molar-refractivity contribution in [1.29, 1.82) is 0 Å². The Bertz CT molecular complexity index is 787. The fraction of sp³-hybridized carbons (Fsp3) is 0.409. The molecule has 150 valence electrons. The third-order valence-electron chi connectivity index (χ3n) is 5.24. The highest BCUT2D eigenvalue weighted by Crippen LogP contribution is 2.38. The van der Waals surface area contributed by atoms with E-state index in [1.54, 1.807) is 33.5 Å². The van der Waals surface area contributed by atoms with Crippen molar-refractivity contribution in [3.05, 3.63) is 53.1 Å². The van der Waals surface area contributed by atoms with Crippen LogP contribution in [-0.2, 0) is 6.54 Å². The summed E-state index contributed by atoms with van der Waals surface area (Å²) in [5.41, 5.74) is 3.17. The molecule has 2 aromatic carbocycles. The second-order valence-corrected chi connectivity index (χ2v) is 7.12. The molecule has 1 aliphatic heterocycles. The summed E-state index contributed by atoms with van der Waals surface area (Å²) < 4.78 is 16.1. The molecular weight excluding hydrogens is 356 g/mol. The Labute approximate surface area is 166 Å². The smallest absolute Gasteiger partial charge is 0.254 e. The maximum absolute atomic E-state index is 13.0. The van der Waals surface area contributed by atoms with Crippen LogP contribution >= 0.6 is 0 Å². The number of rotatable bonds is 6. The highest BCUT2D eigenvalue weighted by molar-refractivity contribution is 5.95. The van der Waals surface area contributed by atoms with Gasteiger partial charge in [0.2, 0.25) is 5.75 Å². The van der Waals surface area contributed by atoms with Gasteiger partial charge in [0.15, 0.2) is 11.5 Å². The molecule has 1 fully saturated rings. The van der Waals surface area contributed by atoms with E-state index in [0.717, 1.165) is 32.7 Å². The minimum Gasteiger partial charge on any atom is -0.493 e. The fourth-order valence-electron chi connectivity index (χ4n) is 3.58.